The fourth-order valence-electron chi connectivity index (χ4n) is 1.11. The van der Waals surface area contributed by atoms with Crippen molar-refractivity contribution in [3.8, 4) is 0 Å². The maximum atomic E-state index is 11.8. The van der Waals surface area contributed by atoms with E-state index in [1.807, 2.05) is 5.32 Å². The molecule has 2 N–H and O–H groups in total. The van der Waals surface area contributed by atoms with Crippen molar-refractivity contribution in [1.82, 2.24) is 5.32 Å². The number of hydrogen-bond acceptors (Lipinski definition) is 2. The Bertz CT molecular complexity index is 443. The summed E-state index contributed by atoms with van der Waals surface area (Å²) in [5.41, 5.74) is 0.411. The van der Waals surface area contributed by atoms with Crippen molar-refractivity contribution in [2.24, 2.45) is 0 Å². The molecule has 7 heteroatoms. The summed E-state index contributed by atoms with van der Waals surface area (Å²) in [6.07, 6.45) is -4.79. The highest BCUT2D eigenvalue weighted by atomic mass is 19.4. The Morgan fingerprint density at radius 2 is 1.88 bits per heavy atom. The summed E-state index contributed by atoms with van der Waals surface area (Å²) in [5, 5.41) is 2.75. The molecule has 0 bridgehead atoms. The molecule has 1 rings (SSSR count). The van der Waals surface area contributed by atoms with Crippen LogP contribution in [0, 0.1) is 0 Å². The van der Waals surface area contributed by atoms with Gasteiger partial charge in [0.05, 0.1) is 0 Å². The average Bonchev–Trinajstić information content (AvgIpc) is 2.14. The number of carbonyl (C=O) groups is 2. The molecule has 0 aromatic heterocycles. The zero-order chi connectivity index (χ0) is 13.1. The van der Waals surface area contributed by atoms with Gasteiger partial charge in [-0.25, -0.2) is 10.1 Å². The van der Waals surface area contributed by atoms with Crippen molar-refractivity contribution < 1.29 is 22.8 Å². The molecule has 4 nitrogen and oxygen atoms in total. The zero-order valence-corrected chi connectivity index (χ0v) is 8.76. The van der Waals surface area contributed by atoms with Crippen LogP contribution in [0.4, 0.5) is 23.7 Å². The van der Waals surface area contributed by atoms with Crippen molar-refractivity contribution in [3.05, 3.63) is 29.8 Å². The second-order valence-electron chi connectivity index (χ2n) is 3.21. The minimum Gasteiger partial charge on any atom is -0.308 e. The van der Waals surface area contributed by atoms with E-state index in [1.165, 1.54) is 31.2 Å². The van der Waals surface area contributed by atoms with Crippen LogP contribution >= 0.6 is 0 Å². The van der Waals surface area contributed by atoms with Crippen LogP contribution in [0.25, 0.3) is 0 Å². The Balaban J connectivity index is 2.72. The predicted octanol–water partition coefficient (Wildman–Crippen LogP) is 2.53. The topological polar surface area (TPSA) is 58.2 Å². The number of carbonyl (C=O) groups excluding carboxylic acids is 2. The summed E-state index contributed by atoms with van der Waals surface area (Å²) < 4.78 is 35.4. The first-order valence-corrected chi connectivity index (χ1v) is 4.55. The summed E-state index contributed by atoms with van der Waals surface area (Å²) in [5.74, 6) is -0.245. The lowest BCUT2D eigenvalue weighted by atomic mass is 10.1. The number of anilines is 1. The molecule has 0 radical (unpaired) electrons. The van der Waals surface area contributed by atoms with Crippen LogP contribution in [-0.2, 0) is 0 Å². The molecule has 0 fully saturated rings. The van der Waals surface area contributed by atoms with E-state index in [4.69, 9.17) is 0 Å². The van der Waals surface area contributed by atoms with Gasteiger partial charge in [0.2, 0.25) is 0 Å². The van der Waals surface area contributed by atoms with Crippen LogP contribution in [0.5, 0.6) is 0 Å². The smallest absolute Gasteiger partial charge is 0.308 e. The second-order valence-corrected chi connectivity index (χ2v) is 3.21. The number of amides is 2. The Morgan fingerprint density at radius 1 is 1.24 bits per heavy atom. The van der Waals surface area contributed by atoms with Crippen molar-refractivity contribution in [2.45, 2.75) is 13.2 Å². The van der Waals surface area contributed by atoms with Crippen molar-refractivity contribution in [1.29, 1.82) is 0 Å². The highest BCUT2D eigenvalue weighted by Gasteiger charge is 2.29. The van der Waals surface area contributed by atoms with Crippen molar-refractivity contribution in [3.63, 3.8) is 0 Å². The first-order valence-electron chi connectivity index (χ1n) is 4.55. The van der Waals surface area contributed by atoms with Crippen molar-refractivity contribution in [2.75, 3.05) is 5.32 Å². The number of rotatable bonds is 2. The van der Waals surface area contributed by atoms with Crippen LogP contribution < -0.4 is 10.6 Å². The summed E-state index contributed by atoms with van der Waals surface area (Å²) in [6, 6.07) is 4.22. The molecule has 0 aliphatic rings. The van der Waals surface area contributed by atoms with E-state index in [-0.39, 0.29) is 11.5 Å². The van der Waals surface area contributed by atoms with Crippen LogP contribution in [0.3, 0.4) is 0 Å². The summed E-state index contributed by atoms with van der Waals surface area (Å²) >= 11 is 0. The van der Waals surface area contributed by atoms with Crippen LogP contribution in [-0.4, -0.2) is 18.1 Å². The van der Waals surface area contributed by atoms with Gasteiger partial charge in [-0.15, -0.1) is 0 Å². The molecule has 2 amide bonds. The number of halogens is 3. The maximum absolute atomic E-state index is 11.8. The summed E-state index contributed by atoms with van der Waals surface area (Å²) in [7, 11) is 0. The van der Waals surface area contributed by atoms with Crippen LogP contribution in [0.2, 0.25) is 0 Å². The molecule has 1 aromatic carbocycles. The lowest BCUT2D eigenvalue weighted by Crippen LogP contribution is -2.40. The molecular formula is C10H9F3N2O2. The molecule has 0 heterocycles. The highest BCUT2D eigenvalue weighted by molar-refractivity contribution is 5.96. The van der Waals surface area contributed by atoms with Gasteiger partial charge in [0, 0.05) is 11.3 Å². The van der Waals surface area contributed by atoms with Gasteiger partial charge in [-0.3, -0.25) is 4.79 Å². The lowest BCUT2D eigenvalue weighted by Gasteiger charge is -2.10. The second kappa shape index (κ2) is 4.86. The third-order valence-electron chi connectivity index (χ3n) is 1.78. The van der Waals surface area contributed by atoms with Gasteiger partial charge in [0.15, 0.2) is 5.78 Å². The Hall–Kier alpha value is -2.05. The average molecular weight is 246 g/mol. The SMILES string of the molecule is CC(=O)c1cccc(NC(=O)NC(F)(F)F)c1. The highest BCUT2D eigenvalue weighted by Crippen LogP contribution is 2.13. The number of nitrogens with one attached hydrogen (secondary N) is 2. The Labute approximate surface area is 94.8 Å². The first kappa shape index (κ1) is 13.0. The van der Waals surface area contributed by atoms with Gasteiger partial charge >= 0.3 is 12.3 Å². The number of Topliss-reactive ketones (excluding diaryl/α,β-unsaturated/α-hetero) is 1. The van der Waals surface area contributed by atoms with Gasteiger partial charge in [-0.1, -0.05) is 12.1 Å². The summed E-state index contributed by atoms with van der Waals surface area (Å²) in [6.45, 7) is 1.31. The molecule has 1 aromatic rings. The maximum Gasteiger partial charge on any atom is 0.485 e. The third-order valence-corrected chi connectivity index (χ3v) is 1.78. The minimum atomic E-state index is -4.79. The van der Waals surface area contributed by atoms with Crippen molar-refractivity contribution >= 4 is 17.5 Å². The van der Waals surface area contributed by atoms with E-state index >= 15 is 0 Å². The minimum absolute atomic E-state index is 0.111. The van der Waals surface area contributed by atoms with E-state index in [0.29, 0.717) is 5.56 Å². The molecule has 0 spiro atoms. The largest absolute Gasteiger partial charge is 0.485 e. The summed E-state index contributed by atoms with van der Waals surface area (Å²) in [4.78, 5) is 21.9. The molecule has 0 saturated carbocycles. The Kier molecular flexibility index (Phi) is 3.72. The monoisotopic (exact) mass is 246 g/mol. The number of hydrogen-bond donors (Lipinski definition) is 2. The molecule has 0 unspecified atom stereocenters. The number of benzene rings is 1. The van der Waals surface area contributed by atoms with Gasteiger partial charge in [-0.2, -0.15) is 13.2 Å². The van der Waals surface area contributed by atoms with Crippen LogP contribution in [0.1, 0.15) is 17.3 Å². The molecule has 0 saturated heterocycles. The Morgan fingerprint density at radius 3 is 2.41 bits per heavy atom. The lowest BCUT2D eigenvalue weighted by molar-refractivity contribution is -0.144. The van der Waals surface area contributed by atoms with Gasteiger partial charge in [0.25, 0.3) is 0 Å². The fraction of sp³-hybridized carbons (Fsp3) is 0.200. The van der Waals surface area contributed by atoms with E-state index in [9.17, 15) is 22.8 Å². The number of urea groups is 1. The predicted molar refractivity (Wildman–Crippen MR) is 54.7 cm³/mol. The normalized spacial score (nSPS) is 10.8. The molecule has 17 heavy (non-hydrogen) atoms. The van der Waals surface area contributed by atoms with Crippen LogP contribution in [0.15, 0.2) is 24.3 Å². The van der Waals surface area contributed by atoms with Gasteiger partial charge in [-0.05, 0) is 19.1 Å². The third kappa shape index (κ3) is 4.54. The molecule has 0 atom stereocenters. The van der Waals surface area contributed by atoms with Gasteiger partial charge in [0.1, 0.15) is 0 Å². The van der Waals surface area contributed by atoms with E-state index in [2.05, 4.69) is 0 Å². The van der Waals surface area contributed by atoms with E-state index < -0.39 is 12.3 Å². The number of alkyl halides is 3. The molecule has 92 valence electrons. The molecular weight excluding hydrogens is 237 g/mol. The number of ketones is 1. The first-order chi connectivity index (χ1) is 7.78. The molecule has 0 aliphatic heterocycles. The zero-order valence-electron chi connectivity index (χ0n) is 8.76. The van der Waals surface area contributed by atoms with Gasteiger partial charge < -0.3 is 5.32 Å². The quantitative estimate of drug-likeness (QED) is 0.622. The fourth-order valence-corrected chi connectivity index (χ4v) is 1.11. The van der Waals surface area contributed by atoms with E-state index in [0.717, 1.165) is 5.32 Å². The van der Waals surface area contributed by atoms with E-state index in [1.54, 1.807) is 0 Å². The molecule has 0 aliphatic carbocycles. The standard InChI is InChI=1S/C10H9F3N2O2/c1-6(16)7-3-2-4-8(5-7)14-9(17)15-10(11,12)13/h2-5H,1H3,(H2,14,15,17).